The summed E-state index contributed by atoms with van der Waals surface area (Å²) in [6, 6.07) is 16.4. The van der Waals surface area contributed by atoms with Gasteiger partial charge in [-0.25, -0.2) is 9.80 Å². The zero-order valence-corrected chi connectivity index (χ0v) is 15.9. The van der Waals surface area contributed by atoms with Crippen molar-refractivity contribution in [3.8, 4) is 0 Å². The summed E-state index contributed by atoms with van der Waals surface area (Å²) < 4.78 is 5.27. The van der Waals surface area contributed by atoms with Crippen molar-refractivity contribution in [1.82, 2.24) is 20.7 Å². The number of hydrogen-bond donors (Lipinski definition) is 3. The summed E-state index contributed by atoms with van der Waals surface area (Å²) >= 11 is 0. The van der Waals surface area contributed by atoms with E-state index in [0.717, 1.165) is 22.0 Å². The minimum Gasteiger partial charge on any atom is -0.445 e. The number of nitrogens with one attached hydrogen (secondary N) is 3. The van der Waals surface area contributed by atoms with E-state index >= 15 is 0 Å². The number of hydrogen-bond acceptors (Lipinski definition) is 4. The number of benzene rings is 2. The van der Waals surface area contributed by atoms with Crippen LogP contribution in [0, 0.1) is 0 Å². The van der Waals surface area contributed by atoms with Crippen LogP contribution in [0.1, 0.15) is 11.1 Å². The Balaban J connectivity index is 1.69. The van der Waals surface area contributed by atoms with Crippen molar-refractivity contribution in [2.75, 3.05) is 14.1 Å². The minimum atomic E-state index is -0.773. The first kappa shape index (κ1) is 19.4. The molecule has 0 unspecified atom stereocenters. The Kier molecular flexibility index (Phi) is 6.29. The third-order valence-electron chi connectivity index (χ3n) is 4.25. The van der Waals surface area contributed by atoms with E-state index in [2.05, 4.69) is 15.7 Å². The van der Waals surface area contributed by atoms with Gasteiger partial charge < -0.3 is 15.0 Å². The Hall–Kier alpha value is -3.32. The predicted molar refractivity (Wildman–Crippen MR) is 107 cm³/mol. The Bertz CT molecular complexity index is 937. The number of aromatic nitrogens is 1. The molecule has 0 fully saturated rings. The van der Waals surface area contributed by atoms with Gasteiger partial charge in [-0.1, -0.05) is 48.5 Å². The molecule has 3 N–H and O–H groups in total. The normalized spacial score (nSPS) is 12.0. The number of amides is 2. The van der Waals surface area contributed by atoms with Gasteiger partial charge in [0.2, 0.25) is 0 Å². The van der Waals surface area contributed by atoms with Gasteiger partial charge in [-0.05, 0) is 17.2 Å². The zero-order valence-electron chi connectivity index (χ0n) is 15.9. The molecule has 1 atom stereocenters. The van der Waals surface area contributed by atoms with Crippen molar-refractivity contribution >= 4 is 22.9 Å². The summed E-state index contributed by atoms with van der Waals surface area (Å²) in [6.45, 7) is 0.141. The van der Waals surface area contributed by atoms with E-state index in [1.807, 2.05) is 60.8 Å². The maximum atomic E-state index is 12.6. The number of hydrazine groups is 1. The van der Waals surface area contributed by atoms with Gasteiger partial charge in [0, 0.05) is 37.6 Å². The predicted octanol–water partition coefficient (Wildman–Crippen LogP) is 2.60. The van der Waals surface area contributed by atoms with Gasteiger partial charge >= 0.3 is 6.09 Å². The Morgan fingerprint density at radius 3 is 2.54 bits per heavy atom. The fraction of sp³-hybridized carbons (Fsp3) is 0.238. The molecule has 0 spiro atoms. The molecule has 0 radical (unpaired) electrons. The second-order valence-corrected chi connectivity index (χ2v) is 6.69. The van der Waals surface area contributed by atoms with Gasteiger partial charge in [0.05, 0.1) is 0 Å². The van der Waals surface area contributed by atoms with Crippen LogP contribution < -0.4 is 10.7 Å². The maximum Gasteiger partial charge on any atom is 0.408 e. The highest BCUT2D eigenvalue weighted by molar-refractivity contribution is 5.88. The van der Waals surface area contributed by atoms with Crippen molar-refractivity contribution in [2.45, 2.75) is 19.1 Å². The van der Waals surface area contributed by atoms with Crippen LogP contribution in [0.2, 0.25) is 0 Å². The molecule has 0 saturated heterocycles. The molecule has 28 heavy (non-hydrogen) atoms. The van der Waals surface area contributed by atoms with Crippen LogP contribution in [0.5, 0.6) is 0 Å². The minimum absolute atomic E-state index is 0.141. The van der Waals surface area contributed by atoms with E-state index in [1.165, 1.54) is 0 Å². The number of para-hydroxylation sites is 1. The number of rotatable bonds is 7. The van der Waals surface area contributed by atoms with Crippen LogP contribution in [0.4, 0.5) is 4.79 Å². The van der Waals surface area contributed by atoms with Crippen LogP contribution in [-0.2, 0) is 22.6 Å². The lowest BCUT2D eigenvalue weighted by Crippen LogP contribution is -2.51. The highest BCUT2D eigenvalue weighted by atomic mass is 16.5. The first-order valence-corrected chi connectivity index (χ1v) is 9.03. The van der Waals surface area contributed by atoms with Crippen LogP contribution in [0.3, 0.4) is 0 Å². The molecule has 3 rings (SSSR count). The van der Waals surface area contributed by atoms with E-state index < -0.39 is 12.1 Å². The molecule has 146 valence electrons. The molecular formula is C21H24N4O3. The van der Waals surface area contributed by atoms with Gasteiger partial charge in [-0.2, -0.15) is 0 Å². The Morgan fingerprint density at radius 1 is 1.07 bits per heavy atom. The molecule has 0 bridgehead atoms. The summed E-state index contributed by atoms with van der Waals surface area (Å²) in [5.74, 6) is -0.313. The summed E-state index contributed by atoms with van der Waals surface area (Å²) in [6.07, 6.45) is 1.56. The van der Waals surface area contributed by atoms with Crippen molar-refractivity contribution in [2.24, 2.45) is 0 Å². The van der Waals surface area contributed by atoms with Gasteiger partial charge in [-0.3, -0.25) is 10.2 Å². The van der Waals surface area contributed by atoms with Gasteiger partial charge in [-0.15, -0.1) is 0 Å². The highest BCUT2D eigenvalue weighted by Gasteiger charge is 2.23. The fourth-order valence-electron chi connectivity index (χ4n) is 2.94. The highest BCUT2D eigenvalue weighted by Crippen LogP contribution is 2.19. The lowest BCUT2D eigenvalue weighted by atomic mass is 10.0. The number of ether oxygens (including phenoxy) is 1. The monoisotopic (exact) mass is 380 g/mol. The van der Waals surface area contributed by atoms with E-state index in [9.17, 15) is 9.59 Å². The molecule has 0 saturated carbocycles. The van der Waals surface area contributed by atoms with Gasteiger partial charge in [0.25, 0.3) is 5.91 Å². The van der Waals surface area contributed by atoms with Crippen LogP contribution in [0.15, 0.2) is 60.8 Å². The number of carbonyl (C=O) groups is 2. The molecule has 0 aliphatic carbocycles. The number of H-pyrrole nitrogens is 1. The van der Waals surface area contributed by atoms with Crippen molar-refractivity contribution in [3.05, 3.63) is 71.9 Å². The zero-order chi connectivity index (χ0) is 19.9. The molecule has 1 aromatic heterocycles. The molecule has 0 aliphatic heterocycles. The van der Waals surface area contributed by atoms with Crippen molar-refractivity contribution in [1.29, 1.82) is 0 Å². The smallest absolute Gasteiger partial charge is 0.408 e. The first-order valence-electron chi connectivity index (χ1n) is 9.03. The molecular weight excluding hydrogens is 356 g/mol. The summed E-state index contributed by atoms with van der Waals surface area (Å²) in [4.78, 5) is 28.1. The number of nitrogens with zero attached hydrogens (tertiary/aromatic N) is 1. The van der Waals surface area contributed by atoms with Gasteiger partial charge in [0.1, 0.15) is 12.6 Å². The van der Waals surface area contributed by atoms with Crippen molar-refractivity contribution < 1.29 is 14.3 Å². The molecule has 2 aromatic carbocycles. The molecule has 2 amide bonds. The quantitative estimate of drug-likeness (QED) is 0.550. The van der Waals surface area contributed by atoms with Gasteiger partial charge in [0.15, 0.2) is 0 Å². The number of fused-ring (bicyclic) bond motifs is 1. The summed E-state index contributed by atoms with van der Waals surface area (Å²) in [5, 5.41) is 5.24. The van der Waals surface area contributed by atoms with E-state index in [-0.39, 0.29) is 12.5 Å². The topological polar surface area (TPSA) is 86.5 Å². The second-order valence-electron chi connectivity index (χ2n) is 6.69. The number of carbonyl (C=O) groups excluding carboxylic acids is 2. The maximum absolute atomic E-state index is 12.6. The first-order chi connectivity index (χ1) is 13.5. The standard InChI is InChI=1S/C21H24N4O3/c1-25(2)24-20(26)19(12-16-13-22-18-11-7-6-10-17(16)18)23-21(27)28-14-15-8-4-3-5-9-15/h3-11,13,19,22H,12,14H2,1-2H3,(H,23,27)(H,24,26)/t19-/m0/s1. The average molecular weight is 380 g/mol. The molecule has 0 aliphatic rings. The van der Waals surface area contributed by atoms with Crippen LogP contribution in [0.25, 0.3) is 10.9 Å². The SMILES string of the molecule is CN(C)NC(=O)[C@H](Cc1c[nH]c2ccccc12)NC(=O)OCc1ccccc1. The largest absolute Gasteiger partial charge is 0.445 e. The molecule has 3 aromatic rings. The lowest BCUT2D eigenvalue weighted by Gasteiger charge is -2.20. The second kappa shape index (κ2) is 9.05. The Morgan fingerprint density at radius 2 is 1.79 bits per heavy atom. The van der Waals surface area contributed by atoms with E-state index in [0.29, 0.717) is 6.42 Å². The molecule has 7 nitrogen and oxygen atoms in total. The van der Waals surface area contributed by atoms with E-state index in [4.69, 9.17) is 4.74 Å². The third kappa shape index (κ3) is 5.11. The van der Waals surface area contributed by atoms with Crippen molar-refractivity contribution in [3.63, 3.8) is 0 Å². The lowest BCUT2D eigenvalue weighted by molar-refractivity contribution is -0.126. The summed E-state index contributed by atoms with van der Waals surface area (Å²) in [5.41, 5.74) is 5.50. The molecule has 7 heteroatoms. The third-order valence-corrected chi connectivity index (χ3v) is 4.25. The van der Waals surface area contributed by atoms with Crippen LogP contribution >= 0.6 is 0 Å². The Labute approximate surface area is 163 Å². The summed E-state index contributed by atoms with van der Waals surface area (Å²) in [7, 11) is 3.43. The fourth-order valence-corrected chi connectivity index (χ4v) is 2.94. The number of alkyl carbamates (subject to hydrolysis) is 1. The average Bonchev–Trinajstić information content (AvgIpc) is 3.09. The van der Waals surface area contributed by atoms with E-state index in [1.54, 1.807) is 19.1 Å². The number of aromatic amines is 1. The molecule has 1 heterocycles. The van der Waals surface area contributed by atoms with Crippen LogP contribution in [-0.4, -0.2) is 42.1 Å².